The molecule has 0 fully saturated rings. The quantitative estimate of drug-likeness (QED) is 0.906. The Kier molecular flexibility index (Phi) is 5.51. The highest BCUT2D eigenvalue weighted by molar-refractivity contribution is 6.31. The average molecular weight is 353 g/mol. The summed E-state index contributed by atoms with van der Waals surface area (Å²) in [5.41, 5.74) is 1.13. The molecule has 2 aromatic carbocycles. The molecule has 2 amide bonds. The van der Waals surface area contributed by atoms with Crippen LogP contribution in [0.25, 0.3) is 0 Å². The fourth-order valence-corrected chi connectivity index (χ4v) is 2.23. The van der Waals surface area contributed by atoms with E-state index >= 15 is 0 Å². The summed E-state index contributed by atoms with van der Waals surface area (Å²) in [5, 5.41) is 2.77. The van der Waals surface area contributed by atoms with E-state index in [1.165, 1.54) is 11.8 Å². The number of aryl methyl sites for hydroxylation is 1. The molecule has 1 N–H and O–H groups in total. The fourth-order valence-electron chi connectivity index (χ4n) is 2.06. The number of rotatable bonds is 4. The molecule has 2 rings (SSSR count). The first-order valence-electron chi connectivity index (χ1n) is 7.07. The minimum atomic E-state index is -0.892. The predicted octanol–water partition coefficient (Wildman–Crippen LogP) is 3.92. The van der Waals surface area contributed by atoms with Crippen molar-refractivity contribution < 1.29 is 18.4 Å². The molecule has 4 nitrogen and oxygen atoms in total. The second kappa shape index (κ2) is 7.40. The molecule has 0 aromatic heterocycles. The number of hydrogen-bond donors (Lipinski definition) is 1. The molecule has 0 bridgehead atoms. The molecule has 24 heavy (non-hydrogen) atoms. The lowest BCUT2D eigenvalue weighted by Gasteiger charge is -2.21. The molecular weight excluding hydrogens is 338 g/mol. The van der Waals surface area contributed by atoms with Crippen LogP contribution in [0.2, 0.25) is 5.02 Å². The van der Waals surface area contributed by atoms with Crippen molar-refractivity contribution in [3.63, 3.8) is 0 Å². The summed E-state index contributed by atoms with van der Waals surface area (Å²) in [4.78, 5) is 25.1. The van der Waals surface area contributed by atoms with Gasteiger partial charge in [0.2, 0.25) is 11.8 Å². The average Bonchev–Trinajstić information content (AvgIpc) is 2.50. The standard InChI is InChI=1S/C17H15ClF2N2O2/c1-10-3-5-13(8-14(10)18)22(11(2)23)9-17(24)21-16-6-4-12(19)7-15(16)20/h3-8H,9H2,1-2H3,(H,21,24). The molecule has 0 aliphatic carbocycles. The second-order valence-corrected chi connectivity index (χ2v) is 5.62. The van der Waals surface area contributed by atoms with Crippen LogP contribution in [0.4, 0.5) is 20.2 Å². The zero-order chi connectivity index (χ0) is 17.9. The molecule has 0 saturated carbocycles. The number of halogens is 3. The summed E-state index contributed by atoms with van der Waals surface area (Å²) >= 11 is 6.04. The lowest BCUT2D eigenvalue weighted by atomic mass is 10.2. The Labute approximate surface area is 143 Å². The number of hydrogen-bond acceptors (Lipinski definition) is 2. The minimum Gasteiger partial charge on any atom is -0.322 e. The molecule has 0 spiro atoms. The number of anilines is 2. The summed E-state index contributed by atoms with van der Waals surface area (Å²) in [5.74, 6) is -2.63. The van der Waals surface area contributed by atoms with Crippen molar-refractivity contribution in [2.45, 2.75) is 13.8 Å². The molecule has 2 aromatic rings. The van der Waals surface area contributed by atoms with E-state index in [-0.39, 0.29) is 18.1 Å². The van der Waals surface area contributed by atoms with Crippen LogP contribution in [0.1, 0.15) is 12.5 Å². The van der Waals surface area contributed by atoms with Gasteiger partial charge in [-0.15, -0.1) is 0 Å². The van der Waals surface area contributed by atoms with Crippen LogP contribution in [0.3, 0.4) is 0 Å². The number of nitrogens with one attached hydrogen (secondary N) is 1. The Bertz CT molecular complexity index is 796. The normalized spacial score (nSPS) is 10.4. The lowest BCUT2D eigenvalue weighted by molar-refractivity contribution is -0.120. The Hall–Kier alpha value is -2.47. The molecule has 0 atom stereocenters. The topological polar surface area (TPSA) is 49.4 Å². The highest BCUT2D eigenvalue weighted by atomic mass is 35.5. The maximum atomic E-state index is 13.6. The zero-order valence-corrected chi connectivity index (χ0v) is 13.8. The van der Waals surface area contributed by atoms with Crippen LogP contribution in [-0.2, 0) is 9.59 Å². The van der Waals surface area contributed by atoms with Crippen LogP contribution in [-0.4, -0.2) is 18.4 Å². The van der Waals surface area contributed by atoms with Crippen molar-refractivity contribution >= 4 is 34.8 Å². The van der Waals surface area contributed by atoms with E-state index in [9.17, 15) is 18.4 Å². The van der Waals surface area contributed by atoms with E-state index in [0.29, 0.717) is 16.8 Å². The van der Waals surface area contributed by atoms with Gasteiger partial charge in [0.15, 0.2) is 0 Å². The van der Waals surface area contributed by atoms with Crippen molar-refractivity contribution in [2.24, 2.45) is 0 Å². The van der Waals surface area contributed by atoms with Gasteiger partial charge in [0.1, 0.15) is 18.2 Å². The summed E-state index contributed by atoms with van der Waals surface area (Å²) in [6.45, 7) is 2.79. The van der Waals surface area contributed by atoms with Gasteiger partial charge >= 0.3 is 0 Å². The molecule has 0 aliphatic heterocycles. The first-order chi connectivity index (χ1) is 11.3. The third kappa shape index (κ3) is 4.29. The van der Waals surface area contributed by atoms with Gasteiger partial charge in [-0.2, -0.15) is 0 Å². The van der Waals surface area contributed by atoms with Crippen LogP contribution in [0, 0.1) is 18.6 Å². The van der Waals surface area contributed by atoms with Gasteiger partial charge in [-0.1, -0.05) is 17.7 Å². The summed E-state index contributed by atoms with van der Waals surface area (Å²) in [7, 11) is 0. The Balaban J connectivity index is 2.16. The molecule has 0 heterocycles. The van der Waals surface area contributed by atoms with E-state index in [1.54, 1.807) is 18.2 Å². The summed E-state index contributed by atoms with van der Waals surface area (Å²) in [6.07, 6.45) is 0. The first kappa shape index (κ1) is 17.9. The fraction of sp³-hybridized carbons (Fsp3) is 0.176. The van der Waals surface area contributed by atoms with Gasteiger partial charge in [-0.3, -0.25) is 9.59 Å². The molecule has 7 heteroatoms. The van der Waals surface area contributed by atoms with Crippen molar-refractivity contribution in [3.05, 3.63) is 58.6 Å². The maximum Gasteiger partial charge on any atom is 0.244 e. The number of amides is 2. The third-order valence-electron chi connectivity index (χ3n) is 3.35. The SMILES string of the molecule is CC(=O)N(CC(=O)Nc1ccc(F)cc1F)c1ccc(C)c(Cl)c1. The molecule has 0 aliphatic rings. The molecule has 126 valence electrons. The maximum absolute atomic E-state index is 13.6. The molecular formula is C17H15ClF2N2O2. The van der Waals surface area contributed by atoms with E-state index in [1.807, 2.05) is 6.92 Å². The summed E-state index contributed by atoms with van der Waals surface area (Å²) < 4.78 is 26.4. The number of carbonyl (C=O) groups excluding carboxylic acids is 2. The highest BCUT2D eigenvalue weighted by Gasteiger charge is 2.17. The first-order valence-corrected chi connectivity index (χ1v) is 7.45. The van der Waals surface area contributed by atoms with Crippen LogP contribution < -0.4 is 10.2 Å². The monoisotopic (exact) mass is 352 g/mol. The van der Waals surface area contributed by atoms with E-state index in [2.05, 4.69) is 5.32 Å². The Morgan fingerprint density at radius 2 is 1.88 bits per heavy atom. The second-order valence-electron chi connectivity index (χ2n) is 5.21. The van der Waals surface area contributed by atoms with E-state index < -0.39 is 17.5 Å². The van der Waals surface area contributed by atoms with Crippen molar-refractivity contribution in [1.29, 1.82) is 0 Å². The van der Waals surface area contributed by atoms with Gasteiger partial charge < -0.3 is 10.2 Å². The van der Waals surface area contributed by atoms with E-state index in [0.717, 1.165) is 17.7 Å². The summed E-state index contributed by atoms with van der Waals surface area (Å²) in [6, 6.07) is 7.77. The lowest BCUT2D eigenvalue weighted by Crippen LogP contribution is -2.36. The number of carbonyl (C=O) groups is 2. The zero-order valence-electron chi connectivity index (χ0n) is 13.1. The number of benzene rings is 2. The van der Waals surface area contributed by atoms with Gasteiger partial charge in [-0.25, -0.2) is 8.78 Å². The van der Waals surface area contributed by atoms with Gasteiger partial charge in [0.25, 0.3) is 0 Å². The smallest absolute Gasteiger partial charge is 0.244 e. The largest absolute Gasteiger partial charge is 0.322 e. The third-order valence-corrected chi connectivity index (χ3v) is 3.76. The highest BCUT2D eigenvalue weighted by Crippen LogP contribution is 2.23. The minimum absolute atomic E-state index is 0.160. The molecule has 0 saturated heterocycles. The van der Waals surface area contributed by atoms with Crippen molar-refractivity contribution in [2.75, 3.05) is 16.8 Å². The number of nitrogens with zero attached hydrogens (tertiary/aromatic N) is 1. The van der Waals surface area contributed by atoms with Crippen molar-refractivity contribution in [1.82, 2.24) is 0 Å². The van der Waals surface area contributed by atoms with Crippen LogP contribution >= 0.6 is 11.6 Å². The van der Waals surface area contributed by atoms with Crippen LogP contribution in [0.5, 0.6) is 0 Å². The Morgan fingerprint density at radius 1 is 1.17 bits per heavy atom. The van der Waals surface area contributed by atoms with Gasteiger partial charge in [0, 0.05) is 23.7 Å². The molecule has 0 radical (unpaired) electrons. The van der Waals surface area contributed by atoms with Crippen molar-refractivity contribution in [3.8, 4) is 0 Å². The van der Waals surface area contributed by atoms with Gasteiger partial charge in [0.05, 0.1) is 5.69 Å². The van der Waals surface area contributed by atoms with E-state index in [4.69, 9.17) is 11.6 Å². The predicted molar refractivity (Wildman–Crippen MR) is 89.2 cm³/mol. The molecule has 0 unspecified atom stereocenters. The van der Waals surface area contributed by atoms with Crippen LogP contribution in [0.15, 0.2) is 36.4 Å². The van der Waals surface area contributed by atoms with Gasteiger partial charge in [-0.05, 0) is 36.8 Å². The Morgan fingerprint density at radius 3 is 2.46 bits per heavy atom.